The Kier molecular flexibility index (Phi) is 2.11. The molecular weight excluding hydrogens is 192 g/mol. The Morgan fingerprint density at radius 3 is 2.67 bits per heavy atom. The maximum atomic E-state index is 10.7. The third-order valence-electron chi connectivity index (χ3n) is 2.23. The van der Waals surface area contributed by atoms with Crippen LogP contribution in [0.2, 0.25) is 0 Å². The third-order valence-corrected chi connectivity index (χ3v) is 2.23. The monoisotopic (exact) mass is 202 g/mol. The standard InChI is InChI=1S/C11H10N2O2/c1-6-3-4-9-8(5-6)7(2)12-10(13-9)11(14)15/h3-5H,1-2H3,(H,14,15). The number of carbonyl (C=O) groups is 1. The zero-order chi connectivity index (χ0) is 11.0. The fourth-order valence-corrected chi connectivity index (χ4v) is 1.49. The van der Waals surface area contributed by atoms with Crippen LogP contribution in [0.3, 0.4) is 0 Å². The van der Waals surface area contributed by atoms with Crippen LogP contribution in [0.25, 0.3) is 10.9 Å². The van der Waals surface area contributed by atoms with Crippen molar-refractivity contribution in [2.45, 2.75) is 13.8 Å². The molecule has 0 saturated carbocycles. The number of rotatable bonds is 1. The van der Waals surface area contributed by atoms with Gasteiger partial charge in [0, 0.05) is 11.1 Å². The molecule has 0 radical (unpaired) electrons. The molecule has 0 aliphatic carbocycles. The number of hydrogen-bond donors (Lipinski definition) is 1. The molecule has 15 heavy (non-hydrogen) atoms. The fraction of sp³-hybridized carbons (Fsp3) is 0.182. The highest BCUT2D eigenvalue weighted by Gasteiger charge is 2.09. The predicted octanol–water partition coefficient (Wildman–Crippen LogP) is 1.94. The summed E-state index contributed by atoms with van der Waals surface area (Å²) < 4.78 is 0. The summed E-state index contributed by atoms with van der Waals surface area (Å²) in [6.07, 6.45) is 0. The number of benzene rings is 1. The van der Waals surface area contributed by atoms with Gasteiger partial charge < -0.3 is 5.11 Å². The van der Waals surface area contributed by atoms with Gasteiger partial charge in [-0.25, -0.2) is 14.8 Å². The van der Waals surface area contributed by atoms with Crippen LogP contribution in [0, 0.1) is 13.8 Å². The van der Waals surface area contributed by atoms with E-state index in [1.165, 1.54) is 0 Å². The maximum Gasteiger partial charge on any atom is 0.373 e. The van der Waals surface area contributed by atoms with E-state index in [1.54, 1.807) is 6.92 Å². The minimum atomic E-state index is -1.10. The molecule has 4 nitrogen and oxygen atoms in total. The lowest BCUT2D eigenvalue weighted by atomic mass is 10.1. The van der Waals surface area contributed by atoms with E-state index in [4.69, 9.17) is 5.11 Å². The molecule has 0 saturated heterocycles. The fourth-order valence-electron chi connectivity index (χ4n) is 1.49. The van der Waals surface area contributed by atoms with Crippen molar-refractivity contribution in [2.75, 3.05) is 0 Å². The van der Waals surface area contributed by atoms with Crippen molar-refractivity contribution < 1.29 is 9.90 Å². The molecule has 4 heteroatoms. The van der Waals surface area contributed by atoms with Crippen molar-refractivity contribution in [1.29, 1.82) is 0 Å². The Morgan fingerprint density at radius 2 is 2.00 bits per heavy atom. The first-order chi connectivity index (χ1) is 7.08. The van der Waals surface area contributed by atoms with Crippen LogP contribution < -0.4 is 0 Å². The number of aromatic nitrogens is 2. The van der Waals surface area contributed by atoms with Crippen LogP contribution >= 0.6 is 0 Å². The van der Waals surface area contributed by atoms with Crippen LogP contribution in [-0.2, 0) is 0 Å². The van der Waals surface area contributed by atoms with Crippen LogP contribution in [0.15, 0.2) is 18.2 Å². The molecular formula is C11H10N2O2. The van der Waals surface area contributed by atoms with E-state index >= 15 is 0 Å². The quantitative estimate of drug-likeness (QED) is 0.767. The average Bonchev–Trinajstić information content (AvgIpc) is 2.18. The molecule has 0 bridgehead atoms. The molecule has 0 aliphatic rings. The highest BCUT2D eigenvalue weighted by Crippen LogP contribution is 2.16. The Morgan fingerprint density at radius 1 is 1.27 bits per heavy atom. The molecule has 1 aromatic carbocycles. The lowest BCUT2D eigenvalue weighted by Crippen LogP contribution is -2.05. The van der Waals surface area contributed by atoms with Crippen molar-refractivity contribution >= 4 is 16.9 Å². The summed E-state index contributed by atoms with van der Waals surface area (Å²) in [6.45, 7) is 3.76. The van der Waals surface area contributed by atoms with Gasteiger partial charge in [-0.2, -0.15) is 0 Å². The van der Waals surface area contributed by atoms with Gasteiger partial charge in [-0.1, -0.05) is 11.6 Å². The van der Waals surface area contributed by atoms with E-state index in [1.807, 2.05) is 25.1 Å². The number of carboxylic acid groups (broad SMARTS) is 1. The lowest BCUT2D eigenvalue weighted by molar-refractivity contribution is 0.0683. The van der Waals surface area contributed by atoms with Crippen LogP contribution in [0.1, 0.15) is 21.9 Å². The second kappa shape index (κ2) is 3.31. The summed E-state index contributed by atoms with van der Waals surface area (Å²) in [6, 6.07) is 5.67. The van der Waals surface area contributed by atoms with Gasteiger partial charge in [0.15, 0.2) is 0 Å². The topological polar surface area (TPSA) is 63.1 Å². The van der Waals surface area contributed by atoms with Crippen LogP contribution in [0.5, 0.6) is 0 Å². The first kappa shape index (κ1) is 9.58. The number of aryl methyl sites for hydroxylation is 2. The first-order valence-corrected chi connectivity index (χ1v) is 4.56. The Bertz CT molecular complexity index is 550. The molecule has 0 fully saturated rings. The second-order valence-corrected chi connectivity index (χ2v) is 3.46. The van der Waals surface area contributed by atoms with Crippen molar-refractivity contribution in [3.05, 3.63) is 35.3 Å². The Labute approximate surface area is 86.6 Å². The van der Waals surface area contributed by atoms with Gasteiger partial charge in [-0.3, -0.25) is 0 Å². The van der Waals surface area contributed by atoms with E-state index < -0.39 is 5.97 Å². The van der Waals surface area contributed by atoms with Crippen LogP contribution in [-0.4, -0.2) is 21.0 Å². The lowest BCUT2D eigenvalue weighted by Gasteiger charge is -2.03. The maximum absolute atomic E-state index is 10.7. The van der Waals surface area contributed by atoms with Gasteiger partial charge in [0.05, 0.1) is 5.52 Å². The number of carboxylic acids is 1. The minimum absolute atomic E-state index is 0.149. The van der Waals surface area contributed by atoms with E-state index in [9.17, 15) is 4.79 Å². The number of aromatic carboxylic acids is 1. The summed E-state index contributed by atoms with van der Waals surface area (Å²) in [7, 11) is 0. The molecule has 0 amide bonds. The normalized spacial score (nSPS) is 10.5. The van der Waals surface area contributed by atoms with Crippen molar-refractivity contribution in [1.82, 2.24) is 9.97 Å². The second-order valence-electron chi connectivity index (χ2n) is 3.46. The molecule has 1 heterocycles. The third kappa shape index (κ3) is 1.66. The molecule has 1 aromatic heterocycles. The van der Waals surface area contributed by atoms with Crippen LogP contribution in [0.4, 0.5) is 0 Å². The van der Waals surface area contributed by atoms with E-state index in [0.717, 1.165) is 10.9 Å². The van der Waals surface area contributed by atoms with Gasteiger partial charge in [-0.05, 0) is 26.0 Å². The summed E-state index contributed by atoms with van der Waals surface area (Å²) in [5, 5.41) is 9.70. The van der Waals surface area contributed by atoms with Gasteiger partial charge in [-0.15, -0.1) is 0 Å². The number of fused-ring (bicyclic) bond motifs is 1. The largest absolute Gasteiger partial charge is 0.475 e. The van der Waals surface area contributed by atoms with Gasteiger partial charge in [0.2, 0.25) is 5.82 Å². The zero-order valence-electron chi connectivity index (χ0n) is 8.48. The predicted molar refractivity (Wildman–Crippen MR) is 56.0 cm³/mol. The van der Waals surface area contributed by atoms with E-state index in [0.29, 0.717) is 11.2 Å². The number of hydrogen-bond acceptors (Lipinski definition) is 3. The smallest absolute Gasteiger partial charge is 0.373 e. The van der Waals surface area contributed by atoms with E-state index in [2.05, 4.69) is 9.97 Å². The van der Waals surface area contributed by atoms with Gasteiger partial charge in [0.25, 0.3) is 0 Å². The Balaban J connectivity index is 2.78. The summed E-state index contributed by atoms with van der Waals surface area (Å²) in [5.41, 5.74) is 2.48. The molecule has 76 valence electrons. The highest BCUT2D eigenvalue weighted by molar-refractivity contribution is 5.88. The average molecular weight is 202 g/mol. The molecule has 0 aliphatic heterocycles. The number of nitrogens with zero attached hydrogens (tertiary/aromatic N) is 2. The highest BCUT2D eigenvalue weighted by atomic mass is 16.4. The summed E-state index contributed by atoms with van der Waals surface area (Å²) >= 11 is 0. The molecule has 0 unspecified atom stereocenters. The molecule has 0 spiro atoms. The Hall–Kier alpha value is -1.97. The van der Waals surface area contributed by atoms with E-state index in [-0.39, 0.29) is 5.82 Å². The molecule has 1 N–H and O–H groups in total. The zero-order valence-corrected chi connectivity index (χ0v) is 8.48. The van der Waals surface area contributed by atoms with Gasteiger partial charge in [0.1, 0.15) is 0 Å². The SMILES string of the molecule is Cc1ccc2nc(C(=O)O)nc(C)c2c1. The summed E-state index contributed by atoms with van der Waals surface area (Å²) in [5.74, 6) is -1.25. The van der Waals surface area contributed by atoms with Crippen molar-refractivity contribution in [3.8, 4) is 0 Å². The summed E-state index contributed by atoms with van der Waals surface area (Å²) in [4.78, 5) is 18.6. The molecule has 2 aromatic rings. The minimum Gasteiger partial charge on any atom is -0.475 e. The van der Waals surface area contributed by atoms with Gasteiger partial charge >= 0.3 is 5.97 Å². The molecule has 2 rings (SSSR count). The van der Waals surface area contributed by atoms with Crippen molar-refractivity contribution in [3.63, 3.8) is 0 Å². The first-order valence-electron chi connectivity index (χ1n) is 4.56. The van der Waals surface area contributed by atoms with Crippen molar-refractivity contribution in [2.24, 2.45) is 0 Å². The molecule has 0 atom stereocenters.